The number of aliphatic carboxylic acids is 1. The Balaban J connectivity index is 4.28. The molecule has 324 valence electrons. The molecule has 0 aliphatic heterocycles. The van der Waals surface area contributed by atoms with Crippen LogP contribution in [0.15, 0.2) is 60.8 Å². The molecule has 3 unspecified atom stereocenters. The second kappa shape index (κ2) is 40.9. The summed E-state index contributed by atoms with van der Waals surface area (Å²) in [5.74, 6) is -1.80. The SMILES string of the molecule is CC/C=C\C/C=C\C/C=C\CCCCCCCCOCC(COP(=O)(O)OCC(N)C(=O)O)OC(=O)CCCCCCCCC/C=C\C/C=C\CCCCCC. The summed E-state index contributed by atoms with van der Waals surface area (Å²) < 4.78 is 33.3. The molecule has 0 rings (SSSR count). The average Bonchev–Trinajstić information content (AvgIpc) is 3.18. The number of esters is 1. The number of carbonyl (C=O) groups excluding carboxylic acids is 1. The van der Waals surface area contributed by atoms with Gasteiger partial charge in [0.1, 0.15) is 12.1 Å². The lowest BCUT2D eigenvalue weighted by molar-refractivity contribution is -0.154. The van der Waals surface area contributed by atoms with E-state index in [2.05, 4.69) is 74.6 Å². The van der Waals surface area contributed by atoms with Crippen molar-refractivity contribution in [1.29, 1.82) is 0 Å². The summed E-state index contributed by atoms with van der Waals surface area (Å²) in [6.45, 7) is 3.71. The molecule has 0 heterocycles. The van der Waals surface area contributed by atoms with Crippen molar-refractivity contribution in [3.63, 3.8) is 0 Å². The van der Waals surface area contributed by atoms with Crippen LogP contribution in [0, 0.1) is 0 Å². The topological polar surface area (TPSA) is 155 Å². The molecule has 0 aromatic carbocycles. The molecule has 0 bridgehead atoms. The van der Waals surface area contributed by atoms with E-state index in [1.54, 1.807) is 0 Å². The first-order valence-corrected chi connectivity index (χ1v) is 23.3. The van der Waals surface area contributed by atoms with Crippen LogP contribution in [0.4, 0.5) is 0 Å². The van der Waals surface area contributed by atoms with Crippen LogP contribution in [-0.4, -0.2) is 60.5 Å². The molecule has 56 heavy (non-hydrogen) atoms. The minimum atomic E-state index is -4.62. The second-order valence-electron chi connectivity index (χ2n) is 14.4. The molecule has 11 heteroatoms. The normalized spacial score (nSPS) is 14.5. The number of carboxylic acids is 1. The summed E-state index contributed by atoms with van der Waals surface area (Å²) in [7, 11) is -4.62. The lowest BCUT2D eigenvalue weighted by Crippen LogP contribution is -2.34. The van der Waals surface area contributed by atoms with Crippen molar-refractivity contribution in [2.45, 2.75) is 187 Å². The highest BCUT2D eigenvalue weighted by Crippen LogP contribution is 2.43. The number of rotatable bonds is 41. The Bertz CT molecular complexity index is 1120. The molecule has 0 aromatic heterocycles. The minimum absolute atomic E-state index is 0.00234. The summed E-state index contributed by atoms with van der Waals surface area (Å²) in [5, 5.41) is 8.90. The van der Waals surface area contributed by atoms with Crippen molar-refractivity contribution in [3.05, 3.63) is 60.8 Å². The van der Waals surface area contributed by atoms with Crippen molar-refractivity contribution in [2.24, 2.45) is 5.73 Å². The van der Waals surface area contributed by atoms with E-state index in [9.17, 15) is 19.0 Å². The van der Waals surface area contributed by atoms with E-state index in [1.165, 1.54) is 64.2 Å². The first-order chi connectivity index (χ1) is 27.2. The number of phosphoric ester groups is 1. The van der Waals surface area contributed by atoms with Gasteiger partial charge in [-0.1, -0.05) is 152 Å². The molecule has 3 atom stereocenters. The molecule has 0 spiro atoms. The standard InChI is InChI=1S/C45H80NO9P/c1-3-5-7-9-11-13-15-17-19-21-22-23-25-27-29-31-33-35-37-44(47)55-42(40-53-56(50,51)54-41-43(46)45(48)49)39-52-38-36-34-32-30-28-26-24-20-18-16-14-12-10-8-6-4-2/h6,8,12-15,18-21,42-43H,3-5,7,9-11,16-17,22-41,46H2,1-2H3,(H,48,49)(H,50,51)/b8-6-,14-12-,15-13-,20-18-,21-19-. The fraction of sp³-hybridized carbons (Fsp3) is 0.733. The summed E-state index contributed by atoms with van der Waals surface area (Å²) in [6, 6.07) is -1.48. The van der Waals surface area contributed by atoms with Gasteiger partial charge in [0, 0.05) is 13.0 Å². The van der Waals surface area contributed by atoms with Gasteiger partial charge in [-0.2, -0.15) is 0 Å². The number of allylic oxidation sites excluding steroid dienone is 10. The zero-order chi connectivity index (χ0) is 41.2. The third kappa shape index (κ3) is 39.9. The Morgan fingerprint density at radius 3 is 1.55 bits per heavy atom. The zero-order valence-corrected chi connectivity index (χ0v) is 36.1. The van der Waals surface area contributed by atoms with Crippen LogP contribution in [0.3, 0.4) is 0 Å². The summed E-state index contributed by atoms with van der Waals surface area (Å²) in [5.41, 5.74) is 5.35. The van der Waals surface area contributed by atoms with Gasteiger partial charge in [-0.25, -0.2) is 4.57 Å². The van der Waals surface area contributed by atoms with E-state index < -0.39 is 45.1 Å². The Morgan fingerprint density at radius 2 is 1.04 bits per heavy atom. The molecule has 4 N–H and O–H groups in total. The van der Waals surface area contributed by atoms with E-state index >= 15 is 0 Å². The first-order valence-electron chi connectivity index (χ1n) is 21.8. The summed E-state index contributed by atoms with van der Waals surface area (Å²) in [4.78, 5) is 33.5. The molecule has 0 aliphatic rings. The summed E-state index contributed by atoms with van der Waals surface area (Å²) >= 11 is 0. The van der Waals surface area contributed by atoms with Crippen LogP contribution < -0.4 is 5.73 Å². The highest BCUT2D eigenvalue weighted by Gasteiger charge is 2.27. The second-order valence-corrected chi connectivity index (χ2v) is 15.9. The fourth-order valence-corrected chi connectivity index (χ4v) is 6.43. The monoisotopic (exact) mass is 810 g/mol. The molecular formula is C45H80NO9P. The van der Waals surface area contributed by atoms with E-state index in [0.29, 0.717) is 13.0 Å². The Labute approximate surface area is 341 Å². The molecule has 0 aliphatic carbocycles. The molecule has 0 aromatic rings. The molecule has 0 radical (unpaired) electrons. The number of phosphoric acid groups is 1. The van der Waals surface area contributed by atoms with Gasteiger partial charge in [-0.3, -0.25) is 18.6 Å². The lowest BCUT2D eigenvalue weighted by Gasteiger charge is -2.20. The Morgan fingerprint density at radius 1 is 0.589 bits per heavy atom. The van der Waals surface area contributed by atoms with Gasteiger partial charge in [0.25, 0.3) is 0 Å². The van der Waals surface area contributed by atoms with Crippen LogP contribution in [0.2, 0.25) is 0 Å². The fourth-order valence-electron chi connectivity index (χ4n) is 5.65. The van der Waals surface area contributed by atoms with E-state index in [0.717, 1.165) is 83.5 Å². The number of ether oxygens (including phenoxy) is 2. The number of carbonyl (C=O) groups is 2. The highest BCUT2D eigenvalue weighted by atomic mass is 31.2. The minimum Gasteiger partial charge on any atom is -0.480 e. The van der Waals surface area contributed by atoms with Crippen LogP contribution in [0.25, 0.3) is 0 Å². The van der Waals surface area contributed by atoms with Gasteiger partial charge in [0.15, 0.2) is 0 Å². The third-order valence-electron chi connectivity index (χ3n) is 9.03. The summed E-state index contributed by atoms with van der Waals surface area (Å²) in [6.07, 6.45) is 48.4. The van der Waals surface area contributed by atoms with Crippen molar-refractivity contribution in [3.8, 4) is 0 Å². The average molecular weight is 810 g/mol. The quantitative estimate of drug-likeness (QED) is 0.0235. The molecule has 0 fully saturated rings. The number of hydrogen-bond donors (Lipinski definition) is 3. The smallest absolute Gasteiger partial charge is 0.472 e. The molecule has 0 saturated heterocycles. The highest BCUT2D eigenvalue weighted by molar-refractivity contribution is 7.47. The zero-order valence-electron chi connectivity index (χ0n) is 35.2. The van der Waals surface area contributed by atoms with Crippen molar-refractivity contribution in [1.82, 2.24) is 0 Å². The lowest BCUT2D eigenvalue weighted by atomic mass is 10.1. The largest absolute Gasteiger partial charge is 0.480 e. The van der Waals surface area contributed by atoms with Gasteiger partial charge in [-0.15, -0.1) is 0 Å². The van der Waals surface area contributed by atoms with Gasteiger partial charge >= 0.3 is 19.8 Å². The van der Waals surface area contributed by atoms with Gasteiger partial charge in [0.2, 0.25) is 0 Å². The molecule has 0 saturated carbocycles. The Hall–Kier alpha value is -2.33. The Kier molecular flexibility index (Phi) is 39.2. The number of nitrogens with two attached hydrogens (primary N) is 1. The molecule has 10 nitrogen and oxygen atoms in total. The molecule has 0 amide bonds. The maximum atomic E-state index is 12.6. The van der Waals surface area contributed by atoms with E-state index in [4.69, 9.17) is 29.4 Å². The number of hydrogen-bond acceptors (Lipinski definition) is 8. The predicted octanol–water partition coefficient (Wildman–Crippen LogP) is 12.0. The predicted molar refractivity (Wildman–Crippen MR) is 231 cm³/mol. The van der Waals surface area contributed by atoms with Crippen molar-refractivity contribution < 1.29 is 42.7 Å². The van der Waals surface area contributed by atoms with Gasteiger partial charge < -0.3 is 25.2 Å². The third-order valence-corrected chi connectivity index (χ3v) is 9.98. The van der Waals surface area contributed by atoms with Crippen molar-refractivity contribution >= 4 is 19.8 Å². The van der Waals surface area contributed by atoms with Gasteiger partial charge in [0.05, 0.1) is 19.8 Å². The van der Waals surface area contributed by atoms with E-state index in [-0.39, 0.29) is 13.0 Å². The van der Waals surface area contributed by atoms with Crippen LogP contribution in [0.1, 0.15) is 174 Å². The maximum Gasteiger partial charge on any atom is 0.472 e. The van der Waals surface area contributed by atoms with Gasteiger partial charge in [-0.05, 0) is 77.0 Å². The van der Waals surface area contributed by atoms with E-state index in [1.807, 2.05) is 0 Å². The number of carboxylic acid groups (broad SMARTS) is 1. The van der Waals surface area contributed by atoms with Crippen LogP contribution in [0.5, 0.6) is 0 Å². The van der Waals surface area contributed by atoms with Crippen molar-refractivity contribution in [2.75, 3.05) is 26.4 Å². The maximum absolute atomic E-state index is 12.6. The van der Waals surface area contributed by atoms with Crippen LogP contribution >= 0.6 is 7.82 Å². The first kappa shape index (κ1) is 53.7. The van der Waals surface area contributed by atoms with Crippen LogP contribution in [-0.2, 0) is 32.7 Å². The number of unbranched alkanes of at least 4 members (excludes halogenated alkanes) is 17. The molecular weight excluding hydrogens is 729 g/mol.